The molecule has 2 aromatic carbocycles. The van der Waals surface area contributed by atoms with Crippen LogP contribution in [0.25, 0.3) is 0 Å². The van der Waals surface area contributed by atoms with Crippen molar-refractivity contribution in [1.82, 2.24) is 15.1 Å². The molecule has 5 rings (SSSR count). The zero-order valence-electron chi connectivity index (χ0n) is 20.0. The number of rotatable bonds is 9. The van der Waals surface area contributed by atoms with E-state index in [-0.39, 0.29) is 18.2 Å². The summed E-state index contributed by atoms with van der Waals surface area (Å²) in [6.07, 6.45) is 2.01. The lowest BCUT2D eigenvalue weighted by atomic mass is 10.0. The molecule has 3 amide bonds. The highest BCUT2D eigenvalue weighted by Gasteiger charge is 2.40. The van der Waals surface area contributed by atoms with E-state index in [0.29, 0.717) is 37.0 Å². The minimum absolute atomic E-state index is 0.197. The summed E-state index contributed by atoms with van der Waals surface area (Å²) in [6.45, 7) is 6.53. The quantitative estimate of drug-likeness (QED) is 0.559. The number of likely N-dealkylation sites (tertiary alicyclic amines) is 1. The number of carbonyl (C=O) groups excluding carboxylic acids is 3. The fourth-order valence-corrected chi connectivity index (χ4v) is 4.89. The third-order valence-corrected chi connectivity index (χ3v) is 6.84. The summed E-state index contributed by atoms with van der Waals surface area (Å²) in [4.78, 5) is 40.7. The molecule has 8 nitrogen and oxygen atoms in total. The molecule has 2 saturated heterocycles. The first kappa shape index (κ1) is 23.5. The highest BCUT2D eigenvalue weighted by molar-refractivity contribution is 6.05. The number of imide groups is 1. The van der Waals surface area contributed by atoms with Crippen molar-refractivity contribution in [2.75, 3.05) is 19.7 Å². The highest BCUT2D eigenvalue weighted by Crippen LogP contribution is 2.34. The van der Waals surface area contributed by atoms with Gasteiger partial charge in [-0.05, 0) is 36.1 Å². The number of benzene rings is 2. The summed E-state index contributed by atoms with van der Waals surface area (Å²) in [5, 5.41) is 2.34. The minimum Gasteiger partial charge on any atom is -0.489 e. The van der Waals surface area contributed by atoms with Gasteiger partial charge in [0.1, 0.15) is 18.4 Å². The predicted molar refractivity (Wildman–Crippen MR) is 129 cm³/mol. The molecule has 0 saturated carbocycles. The van der Waals surface area contributed by atoms with E-state index < -0.39 is 11.9 Å². The summed E-state index contributed by atoms with van der Waals surface area (Å²) in [7, 11) is 0. The minimum atomic E-state index is -0.632. The average molecular weight is 478 g/mol. The van der Waals surface area contributed by atoms with Gasteiger partial charge in [-0.15, -0.1) is 0 Å². The molecule has 0 radical (unpaired) electrons. The van der Waals surface area contributed by atoms with Gasteiger partial charge in [0.2, 0.25) is 11.8 Å². The van der Waals surface area contributed by atoms with Crippen molar-refractivity contribution in [1.29, 1.82) is 0 Å². The van der Waals surface area contributed by atoms with Gasteiger partial charge in [-0.2, -0.15) is 0 Å². The van der Waals surface area contributed by atoms with E-state index in [1.165, 1.54) is 5.56 Å². The number of hydrogen-bond donors (Lipinski definition) is 1. The van der Waals surface area contributed by atoms with Crippen LogP contribution in [0.1, 0.15) is 53.2 Å². The summed E-state index contributed by atoms with van der Waals surface area (Å²) in [5.74, 6) is -0.251. The second kappa shape index (κ2) is 10.2. The summed E-state index contributed by atoms with van der Waals surface area (Å²) < 4.78 is 11.9. The molecule has 3 aliphatic rings. The maximum Gasteiger partial charge on any atom is 0.255 e. The number of nitrogens with zero attached hydrogens (tertiary/aromatic N) is 2. The lowest BCUT2D eigenvalue weighted by Crippen LogP contribution is -2.52. The van der Waals surface area contributed by atoms with Crippen LogP contribution in [0.3, 0.4) is 0 Å². The first-order valence-electron chi connectivity index (χ1n) is 12.3. The molecule has 35 heavy (non-hydrogen) atoms. The second-order valence-corrected chi connectivity index (χ2v) is 9.47. The van der Waals surface area contributed by atoms with Crippen LogP contribution < -0.4 is 10.1 Å². The molecule has 3 aliphatic heterocycles. The van der Waals surface area contributed by atoms with Gasteiger partial charge in [-0.25, -0.2) is 0 Å². The molecule has 2 aromatic rings. The molecule has 8 heteroatoms. The number of carbonyl (C=O) groups is 3. The third kappa shape index (κ3) is 5.09. The van der Waals surface area contributed by atoms with Crippen LogP contribution in [0, 0.1) is 0 Å². The molecule has 1 atom stereocenters. The number of hydrogen-bond acceptors (Lipinski definition) is 6. The lowest BCUT2D eigenvalue weighted by Gasteiger charge is -2.39. The number of fused-ring (bicyclic) bond motifs is 1. The Kier molecular flexibility index (Phi) is 6.83. The van der Waals surface area contributed by atoms with Crippen LogP contribution in [-0.4, -0.2) is 59.4 Å². The molecule has 0 spiro atoms. The normalized spacial score (nSPS) is 20.5. The molecule has 1 N–H and O–H groups in total. The number of nitrogens with one attached hydrogen (secondary N) is 1. The predicted octanol–water partition coefficient (Wildman–Crippen LogP) is 2.64. The first-order valence-corrected chi connectivity index (χ1v) is 12.3. The van der Waals surface area contributed by atoms with Crippen LogP contribution in [0.5, 0.6) is 5.75 Å². The standard InChI is InChI=1S/C27H31N3O5/c1-2-12-34-20-14-29(15-20)13-18-6-8-19(9-7-18)17-35-24-5-3-4-21-22(24)16-30(27(21)33)23-10-11-25(31)28-26(23)32/h3-9,20,23H,2,10-17H2,1H3,(H,28,31,32). The fourth-order valence-electron chi connectivity index (χ4n) is 4.89. The van der Waals surface area contributed by atoms with Crippen molar-refractivity contribution in [3.8, 4) is 5.75 Å². The molecule has 0 aromatic heterocycles. The van der Waals surface area contributed by atoms with Crippen LogP contribution >= 0.6 is 0 Å². The first-order chi connectivity index (χ1) is 17.0. The summed E-state index contributed by atoms with van der Waals surface area (Å²) in [6, 6.07) is 13.2. The highest BCUT2D eigenvalue weighted by atomic mass is 16.5. The Morgan fingerprint density at radius 2 is 1.80 bits per heavy atom. The monoisotopic (exact) mass is 477 g/mol. The molecular formula is C27H31N3O5. The van der Waals surface area contributed by atoms with Crippen molar-refractivity contribution in [3.63, 3.8) is 0 Å². The molecule has 0 aliphatic carbocycles. The Bertz CT molecular complexity index is 1110. The van der Waals surface area contributed by atoms with E-state index in [1.54, 1.807) is 17.0 Å². The zero-order valence-corrected chi connectivity index (χ0v) is 20.0. The van der Waals surface area contributed by atoms with Crippen LogP contribution in [0.15, 0.2) is 42.5 Å². The Labute approximate surface area is 205 Å². The molecular weight excluding hydrogens is 446 g/mol. The second-order valence-electron chi connectivity index (χ2n) is 9.47. The van der Waals surface area contributed by atoms with E-state index in [0.717, 1.165) is 43.8 Å². The fraction of sp³-hybridized carbons (Fsp3) is 0.444. The van der Waals surface area contributed by atoms with Gasteiger partial charge in [-0.3, -0.25) is 24.6 Å². The van der Waals surface area contributed by atoms with E-state index in [9.17, 15) is 14.4 Å². The van der Waals surface area contributed by atoms with Crippen LogP contribution in [0.2, 0.25) is 0 Å². The van der Waals surface area contributed by atoms with E-state index in [2.05, 4.69) is 41.4 Å². The van der Waals surface area contributed by atoms with Crippen molar-refractivity contribution >= 4 is 17.7 Å². The van der Waals surface area contributed by atoms with E-state index in [4.69, 9.17) is 9.47 Å². The van der Waals surface area contributed by atoms with Crippen LogP contribution in [-0.2, 0) is 34.0 Å². The van der Waals surface area contributed by atoms with Gasteiger partial charge in [0, 0.05) is 43.8 Å². The molecule has 2 fully saturated rings. The van der Waals surface area contributed by atoms with Crippen molar-refractivity contribution in [2.45, 2.75) is 58.0 Å². The third-order valence-electron chi connectivity index (χ3n) is 6.84. The van der Waals surface area contributed by atoms with Gasteiger partial charge in [-0.1, -0.05) is 37.3 Å². The largest absolute Gasteiger partial charge is 0.489 e. The smallest absolute Gasteiger partial charge is 0.255 e. The average Bonchev–Trinajstić information content (AvgIpc) is 3.16. The SMILES string of the molecule is CCCOC1CN(Cc2ccc(COc3cccc4c3CN(C3CCC(=O)NC3=O)C4=O)cc2)C1. The molecule has 1 unspecified atom stereocenters. The summed E-state index contributed by atoms with van der Waals surface area (Å²) in [5.41, 5.74) is 3.65. The lowest BCUT2D eigenvalue weighted by molar-refractivity contribution is -0.136. The number of amides is 3. The van der Waals surface area contributed by atoms with E-state index >= 15 is 0 Å². The Balaban J connectivity index is 1.17. The van der Waals surface area contributed by atoms with E-state index in [1.807, 2.05) is 6.07 Å². The van der Waals surface area contributed by atoms with Crippen molar-refractivity contribution in [2.24, 2.45) is 0 Å². The maximum absolute atomic E-state index is 13.0. The van der Waals surface area contributed by atoms with Crippen molar-refractivity contribution < 1.29 is 23.9 Å². The van der Waals surface area contributed by atoms with Crippen LogP contribution in [0.4, 0.5) is 0 Å². The molecule has 184 valence electrons. The van der Waals surface area contributed by atoms with Gasteiger partial charge in [0.05, 0.1) is 12.6 Å². The zero-order chi connectivity index (χ0) is 24.4. The molecule has 0 bridgehead atoms. The Morgan fingerprint density at radius 3 is 2.54 bits per heavy atom. The van der Waals surface area contributed by atoms with Gasteiger partial charge in [0.15, 0.2) is 0 Å². The van der Waals surface area contributed by atoms with Gasteiger partial charge >= 0.3 is 0 Å². The number of piperidine rings is 1. The topological polar surface area (TPSA) is 88.2 Å². The Morgan fingerprint density at radius 1 is 1.03 bits per heavy atom. The maximum atomic E-state index is 13.0. The summed E-state index contributed by atoms with van der Waals surface area (Å²) >= 11 is 0. The number of ether oxygens (including phenoxy) is 2. The Hall–Kier alpha value is -3.23. The van der Waals surface area contributed by atoms with Gasteiger partial charge < -0.3 is 14.4 Å². The molecule has 3 heterocycles. The van der Waals surface area contributed by atoms with Crippen molar-refractivity contribution in [3.05, 3.63) is 64.7 Å². The van der Waals surface area contributed by atoms with Gasteiger partial charge in [0.25, 0.3) is 5.91 Å².